The molecule has 0 fully saturated rings. The number of ketones is 2. The molecular formula is C14H17ClO4. The molecule has 0 spiro atoms. The zero-order chi connectivity index (χ0) is 14.7. The molecule has 0 radical (unpaired) electrons. The molecule has 0 bridgehead atoms. The molecule has 4 nitrogen and oxygen atoms in total. The Bertz CT molecular complexity index is 415. The highest BCUT2D eigenvalue weighted by molar-refractivity contribution is 6.28. The summed E-state index contributed by atoms with van der Waals surface area (Å²) in [5.41, 5.74) is 0.775. The van der Waals surface area contributed by atoms with Crippen molar-refractivity contribution >= 4 is 29.1 Å². The van der Waals surface area contributed by atoms with Gasteiger partial charge in [-0.3, -0.25) is 14.4 Å². The van der Waals surface area contributed by atoms with Gasteiger partial charge in [0.05, 0.1) is 12.5 Å². The van der Waals surface area contributed by atoms with Crippen LogP contribution < -0.4 is 0 Å². The highest BCUT2D eigenvalue weighted by Crippen LogP contribution is 1.97. The minimum absolute atomic E-state index is 0.121. The Morgan fingerprint density at radius 1 is 1.16 bits per heavy atom. The summed E-state index contributed by atoms with van der Waals surface area (Å²) >= 11 is 5.14. The van der Waals surface area contributed by atoms with Crippen LogP contribution in [0.5, 0.6) is 0 Å². The Morgan fingerprint density at radius 2 is 1.74 bits per heavy atom. The van der Waals surface area contributed by atoms with Crippen LogP contribution in [-0.2, 0) is 14.3 Å². The second-order valence-corrected chi connectivity index (χ2v) is 3.84. The quantitative estimate of drug-likeness (QED) is 0.361. The van der Waals surface area contributed by atoms with Gasteiger partial charge in [-0.15, -0.1) is 11.6 Å². The maximum absolute atomic E-state index is 10.6. The van der Waals surface area contributed by atoms with Crippen molar-refractivity contribution in [1.82, 2.24) is 0 Å². The van der Waals surface area contributed by atoms with Gasteiger partial charge >= 0.3 is 5.97 Å². The largest absolute Gasteiger partial charge is 0.466 e. The lowest BCUT2D eigenvalue weighted by molar-refractivity contribution is -0.145. The molecule has 5 heteroatoms. The molecule has 0 unspecified atom stereocenters. The number of carbonyl (C=O) groups is 3. The van der Waals surface area contributed by atoms with Gasteiger partial charge in [0.1, 0.15) is 6.42 Å². The summed E-state index contributed by atoms with van der Waals surface area (Å²) in [4.78, 5) is 31.6. The summed E-state index contributed by atoms with van der Waals surface area (Å²) in [5, 5.41) is 0. The third-order valence-electron chi connectivity index (χ3n) is 1.98. The Kier molecular flexibility index (Phi) is 9.35. The Morgan fingerprint density at radius 3 is 2.11 bits per heavy atom. The van der Waals surface area contributed by atoms with E-state index in [2.05, 4.69) is 4.74 Å². The molecule has 0 saturated heterocycles. The number of carbonyl (C=O) groups excluding carboxylic acids is 3. The first-order valence-electron chi connectivity index (χ1n) is 5.80. The summed E-state index contributed by atoms with van der Waals surface area (Å²) in [7, 11) is 0. The highest BCUT2D eigenvalue weighted by Gasteiger charge is 2.07. The fraction of sp³-hybridized carbons (Fsp3) is 0.357. The van der Waals surface area contributed by atoms with E-state index in [1.165, 1.54) is 0 Å². The van der Waals surface area contributed by atoms with Crippen molar-refractivity contribution in [1.29, 1.82) is 0 Å². The molecule has 1 aromatic rings. The zero-order valence-electron chi connectivity index (χ0n) is 11.0. The van der Waals surface area contributed by atoms with E-state index >= 15 is 0 Å². The normalized spacial score (nSPS) is 9.00. The van der Waals surface area contributed by atoms with Crippen LogP contribution in [0.3, 0.4) is 0 Å². The van der Waals surface area contributed by atoms with Gasteiger partial charge in [0.25, 0.3) is 0 Å². The van der Waals surface area contributed by atoms with E-state index in [1.807, 2.05) is 30.3 Å². The number of halogens is 1. The summed E-state index contributed by atoms with van der Waals surface area (Å²) in [5.74, 6) is -0.817. The predicted molar refractivity (Wildman–Crippen MR) is 73.4 cm³/mol. The van der Waals surface area contributed by atoms with E-state index < -0.39 is 5.97 Å². The molecule has 0 aliphatic carbocycles. The number of Topliss-reactive ketones (excluding diaryl/α,β-unsaturated/α-hetero) is 2. The first-order chi connectivity index (χ1) is 9.01. The third kappa shape index (κ3) is 8.97. The maximum Gasteiger partial charge on any atom is 0.313 e. The molecule has 0 aliphatic rings. The topological polar surface area (TPSA) is 60.4 Å². The van der Waals surface area contributed by atoms with E-state index in [4.69, 9.17) is 11.6 Å². The predicted octanol–water partition coefficient (Wildman–Crippen LogP) is 2.64. The molecule has 0 heterocycles. The lowest BCUT2D eigenvalue weighted by atomic mass is 10.2. The van der Waals surface area contributed by atoms with Gasteiger partial charge in [0, 0.05) is 5.56 Å². The maximum atomic E-state index is 10.6. The van der Waals surface area contributed by atoms with Crippen LogP contribution in [0.4, 0.5) is 0 Å². The number of hydrogen-bond acceptors (Lipinski definition) is 4. The monoisotopic (exact) mass is 284 g/mol. The molecule has 19 heavy (non-hydrogen) atoms. The van der Waals surface area contributed by atoms with Crippen molar-refractivity contribution in [2.45, 2.75) is 20.3 Å². The molecule has 104 valence electrons. The second-order valence-electron chi connectivity index (χ2n) is 3.58. The van der Waals surface area contributed by atoms with Gasteiger partial charge < -0.3 is 4.74 Å². The summed E-state index contributed by atoms with van der Waals surface area (Å²) in [6.07, 6.45) is -0.211. The average Bonchev–Trinajstić information content (AvgIpc) is 2.40. The highest BCUT2D eigenvalue weighted by atomic mass is 35.5. The van der Waals surface area contributed by atoms with Crippen LogP contribution in [0.25, 0.3) is 0 Å². The third-order valence-corrected chi connectivity index (χ3v) is 2.27. The average molecular weight is 285 g/mol. The Labute approximate surface area is 117 Å². The second kappa shape index (κ2) is 10.3. The van der Waals surface area contributed by atoms with Crippen molar-refractivity contribution in [3.8, 4) is 0 Å². The van der Waals surface area contributed by atoms with Crippen LogP contribution in [-0.4, -0.2) is 30.0 Å². The number of rotatable bonds is 5. The van der Waals surface area contributed by atoms with Gasteiger partial charge in [-0.2, -0.15) is 0 Å². The first kappa shape index (κ1) is 17.3. The van der Waals surface area contributed by atoms with Crippen LogP contribution in [0.2, 0.25) is 0 Å². The van der Waals surface area contributed by atoms with Gasteiger partial charge in [0.2, 0.25) is 0 Å². The number of hydrogen-bond donors (Lipinski definition) is 0. The molecular weight excluding hydrogens is 268 g/mol. The van der Waals surface area contributed by atoms with Crippen LogP contribution in [0, 0.1) is 0 Å². The van der Waals surface area contributed by atoms with Gasteiger partial charge in [-0.1, -0.05) is 30.3 Å². The molecule has 0 atom stereocenters. The van der Waals surface area contributed by atoms with Crippen molar-refractivity contribution in [2.24, 2.45) is 0 Å². The van der Waals surface area contributed by atoms with Gasteiger partial charge in [-0.25, -0.2) is 0 Å². The van der Waals surface area contributed by atoms with E-state index in [0.29, 0.717) is 6.61 Å². The summed E-state index contributed by atoms with van der Waals surface area (Å²) < 4.78 is 4.50. The SMILES string of the molecule is CC(=O)c1ccccc1.CCOC(=O)CC(=O)CCl. The van der Waals surface area contributed by atoms with Gasteiger partial charge in [0.15, 0.2) is 11.6 Å². The number of ether oxygens (including phenoxy) is 1. The fourth-order valence-corrected chi connectivity index (χ4v) is 1.19. The lowest BCUT2D eigenvalue weighted by Gasteiger charge is -1.97. The van der Waals surface area contributed by atoms with Crippen molar-refractivity contribution in [3.05, 3.63) is 35.9 Å². The zero-order valence-corrected chi connectivity index (χ0v) is 11.8. The number of alkyl halides is 1. The summed E-state index contributed by atoms with van der Waals surface area (Å²) in [6.45, 7) is 3.55. The van der Waals surface area contributed by atoms with E-state index in [1.54, 1.807) is 13.8 Å². The summed E-state index contributed by atoms with van der Waals surface area (Å²) in [6, 6.07) is 9.23. The minimum atomic E-state index is -0.506. The lowest BCUT2D eigenvalue weighted by Crippen LogP contribution is -2.11. The Hall–Kier alpha value is -1.68. The molecule has 0 amide bonds. The van der Waals surface area contributed by atoms with Crippen molar-refractivity contribution in [3.63, 3.8) is 0 Å². The van der Waals surface area contributed by atoms with Crippen molar-refractivity contribution in [2.75, 3.05) is 12.5 Å². The van der Waals surface area contributed by atoms with Crippen LogP contribution in [0.1, 0.15) is 30.6 Å². The van der Waals surface area contributed by atoms with Crippen LogP contribution in [0.15, 0.2) is 30.3 Å². The number of benzene rings is 1. The van der Waals surface area contributed by atoms with Gasteiger partial charge in [-0.05, 0) is 13.8 Å². The molecule has 1 aromatic carbocycles. The standard InChI is InChI=1S/C8H8O.C6H9ClO3/c1-7(9)8-5-3-2-4-6-8;1-2-10-6(9)3-5(8)4-7/h2-6H,1H3;2-4H2,1H3. The van der Waals surface area contributed by atoms with Crippen LogP contribution >= 0.6 is 11.6 Å². The molecule has 1 rings (SSSR count). The number of esters is 1. The molecule has 0 saturated carbocycles. The van der Waals surface area contributed by atoms with E-state index in [0.717, 1.165) is 5.56 Å². The first-order valence-corrected chi connectivity index (χ1v) is 6.34. The molecule has 0 aromatic heterocycles. The Balaban J connectivity index is 0.000000342. The minimum Gasteiger partial charge on any atom is -0.466 e. The smallest absolute Gasteiger partial charge is 0.313 e. The van der Waals surface area contributed by atoms with E-state index in [-0.39, 0.29) is 23.9 Å². The van der Waals surface area contributed by atoms with E-state index in [9.17, 15) is 14.4 Å². The molecule has 0 aliphatic heterocycles. The fourth-order valence-electron chi connectivity index (χ4n) is 1.09. The molecule has 0 N–H and O–H groups in total. The van der Waals surface area contributed by atoms with Crippen molar-refractivity contribution < 1.29 is 19.1 Å².